The third kappa shape index (κ3) is 3.24. The Kier molecular flexibility index (Phi) is 4.57. The fourth-order valence-electron chi connectivity index (χ4n) is 1.45. The number of carbonyl (C=O) groups is 1. The van der Waals surface area contributed by atoms with E-state index in [-0.39, 0.29) is 0 Å². The van der Waals surface area contributed by atoms with Gasteiger partial charge in [-0.3, -0.25) is 0 Å². The van der Waals surface area contributed by atoms with E-state index in [1.165, 1.54) is 13.2 Å². The molecule has 0 N–H and O–H groups in total. The summed E-state index contributed by atoms with van der Waals surface area (Å²) in [5.74, 6) is 0.971. The normalized spacial score (nSPS) is 10.4. The van der Waals surface area contributed by atoms with Crippen molar-refractivity contribution < 1.29 is 19.0 Å². The molecule has 0 spiro atoms. The average Bonchev–Trinajstić information content (AvgIpc) is 2.35. The Labute approximate surface area is 101 Å². The zero-order chi connectivity index (χ0) is 12.8. The first-order chi connectivity index (χ1) is 8.12. The molecule has 0 heterocycles. The molecule has 1 aromatic rings. The SMILES string of the molecule is COC(=O)/C=C/c1c(C)cc(OC)cc1OC. The van der Waals surface area contributed by atoms with Crippen molar-refractivity contribution in [3.05, 3.63) is 29.3 Å². The molecular weight excluding hydrogens is 220 g/mol. The molecule has 17 heavy (non-hydrogen) atoms. The lowest BCUT2D eigenvalue weighted by Crippen LogP contribution is -1.96. The van der Waals surface area contributed by atoms with Crippen molar-refractivity contribution in [3.63, 3.8) is 0 Å². The smallest absolute Gasteiger partial charge is 0.330 e. The van der Waals surface area contributed by atoms with Gasteiger partial charge in [0.05, 0.1) is 21.3 Å². The molecule has 0 aliphatic carbocycles. The Bertz CT molecular complexity index is 435. The van der Waals surface area contributed by atoms with Gasteiger partial charge >= 0.3 is 5.97 Å². The summed E-state index contributed by atoms with van der Waals surface area (Å²) in [7, 11) is 4.51. The van der Waals surface area contributed by atoms with E-state index in [4.69, 9.17) is 9.47 Å². The van der Waals surface area contributed by atoms with Crippen molar-refractivity contribution >= 4 is 12.0 Å². The standard InChI is InChI=1S/C13H16O4/c1-9-7-10(15-2)8-12(16-3)11(9)5-6-13(14)17-4/h5-8H,1-4H3/b6-5+. The van der Waals surface area contributed by atoms with Crippen LogP contribution in [0, 0.1) is 6.92 Å². The lowest BCUT2D eigenvalue weighted by molar-refractivity contribution is -0.134. The maximum absolute atomic E-state index is 11.0. The Balaban J connectivity index is 3.14. The predicted octanol–water partition coefficient (Wildman–Crippen LogP) is 2.20. The minimum Gasteiger partial charge on any atom is -0.497 e. The van der Waals surface area contributed by atoms with Crippen molar-refractivity contribution in [2.45, 2.75) is 6.92 Å². The van der Waals surface area contributed by atoms with Crippen molar-refractivity contribution in [3.8, 4) is 11.5 Å². The Morgan fingerprint density at radius 1 is 1.18 bits per heavy atom. The highest BCUT2D eigenvalue weighted by atomic mass is 16.5. The van der Waals surface area contributed by atoms with E-state index in [0.717, 1.165) is 16.9 Å². The molecule has 0 bridgehead atoms. The molecule has 0 unspecified atom stereocenters. The third-order valence-corrected chi connectivity index (χ3v) is 2.37. The molecule has 0 aliphatic heterocycles. The lowest BCUT2D eigenvalue weighted by Gasteiger charge is -2.10. The number of hydrogen-bond acceptors (Lipinski definition) is 4. The van der Waals surface area contributed by atoms with Gasteiger partial charge in [0.15, 0.2) is 0 Å². The van der Waals surface area contributed by atoms with E-state index in [9.17, 15) is 4.79 Å². The second kappa shape index (κ2) is 5.94. The van der Waals surface area contributed by atoms with Gasteiger partial charge in [-0.1, -0.05) is 0 Å². The van der Waals surface area contributed by atoms with Crippen LogP contribution in [0.3, 0.4) is 0 Å². The molecule has 92 valence electrons. The van der Waals surface area contributed by atoms with Gasteiger partial charge in [-0.05, 0) is 24.6 Å². The quantitative estimate of drug-likeness (QED) is 0.594. The number of ether oxygens (including phenoxy) is 3. The van der Waals surface area contributed by atoms with Gasteiger partial charge in [0, 0.05) is 17.7 Å². The molecular formula is C13H16O4. The molecule has 4 heteroatoms. The van der Waals surface area contributed by atoms with Crippen LogP contribution in [0.4, 0.5) is 0 Å². The van der Waals surface area contributed by atoms with Gasteiger partial charge < -0.3 is 14.2 Å². The number of aryl methyl sites for hydroxylation is 1. The van der Waals surface area contributed by atoms with Crippen LogP contribution >= 0.6 is 0 Å². The van der Waals surface area contributed by atoms with E-state index in [1.54, 1.807) is 26.4 Å². The zero-order valence-corrected chi connectivity index (χ0v) is 10.4. The first-order valence-electron chi connectivity index (χ1n) is 5.11. The van der Waals surface area contributed by atoms with Crippen LogP contribution in [0.1, 0.15) is 11.1 Å². The number of hydrogen-bond donors (Lipinski definition) is 0. The predicted molar refractivity (Wildman–Crippen MR) is 65.3 cm³/mol. The molecule has 0 amide bonds. The molecule has 0 aromatic heterocycles. The molecule has 0 saturated carbocycles. The van der Waals surface area contributed by atoms with E-state index in [0.29, 0.717) is 5.75 Å². The van der Waals surface area contributed by atoms with Crippen molar-refractivity contribution in [1.29, 1.82) is 0 Å². The van der Waals surface area contributed by atoms with Crippen LogP contribution < -0.4 is 9.47 Å². The summed E-state index contributed by atoms with van der Waals surface area (Å²) in [5, 5.41) is 0. The molecule has 4 nitrogen and oxygen atoms in total. The molecule has 1 aromatic carbocycles. The average molecular weight is 236 g/mol. The van der Waals surface area contributed by atoms with E-state index in [2.05, 4.69) is 4.74 Å². The summed E-state index contributed by atoms with van der Waals surface area (Å²) in [5.41, 5.74) is 1.79. The summed E-state index contributed by atoms with van der Waals surface area (Å²) in [6.45, 7) is 1.92. The highest BCUT2D eigenvalue weighted by Gasteiger charge is 2.07. The maximum atomic E-state index is 11.0. The Morgan fingerprint density at radius 3 is 2.41 bits per heavy atom. The number of methoxy groups -OCH3 is 3. The molecule has 0 atom stereocenters. The molecule has 0 fully saturated rings. The van der Waals surface area contributed by atoms with Gasteiger partial charge in [-0.2, -0.15) is 0 Å². The number of rotatable bonds is 4. The second-order valence-electron chi connectivity index (χ2n) is 3.42. The summed E-state index contributed by atoms with van der Waals surface area (Å²) in [6, 6.07) is 3.64. The van der Waals surface area contributed by atoms with Gasteiger partial charge in [-0.25, -0.2) is 4.79 Å². The van der Waals surface area contributed by atoms with Crippen molar-refractivity contribution in [2.24, 2.45) is 0 Å². The van der Waals surface area contributed by atoms with Crippen LogP contribution in [0.5, 0.6) is 11.5 Å². The fourth-order valence-corrected chi connectivity index (χ4v) is 1.45. The van der Waals surface area contributed by atoms with E-state index >= 15 is 0 Å². The minimum absolute atomic E-state index is 0.401. The fraction of sp³-hybridized carbons (Fsp3) is 0.308. The number of carbonyl (C=O) groups excluding carboxylic acids is 1. The summed E-state index contributed by atoms with van der Waals surface area (Å²) >= 11 is 0. The molecule has 0 saturated heterocycles. The second-order valence-corrected chi connectivity index (χ2v) is 3.42. The zero-order valence-electron chi connectivity index (χ0n) is 10.4. The van der Waals surface area contributed by atoms with Gasteiger partial charge in [0.25, 0.3) is 0 Å². The van der Waals surface area contributed by atoms with Gasteiger partial charge in [-0.15, -0.1) is 0 Å². The van der Waals surface area contributed by atoms with Crippen LogP contribution in [0.25, 0.3) is 6.08 Å². The third-order valence-electron chi connectivity index (χ3n) is 2.37. The Hall–Kier alpha value is -1.97. The van der Waals surface area contributed by atoms with E-state index < -0.39 is 5.97 Å². The van der Waals surface area contributed by atoms with Crippen molar-refractivity contribution in [2.75, 3.05) is 21.3 Å². The topological polar surface area (TPSA) is 44.8 Å². The number of esters is 1. The lowest BCUT2D eigenvalue weighted by atomic mass is 10.1. The van der Waals surface area contributed by atoms with Crippen LogP contribution in [0.15, 0.2) is 18.2 Å². The van der Waals surface area contributed by atoms with Gasteiger partial charge in [0.1, 0.15) is 11.5 Å². The van der Waals surface area contributed by atoms with E-state index in [1.807, 2.05) is 13.0 Å². The minimum atomic E-state index is -0.401. The molecule has 0 radical (unpaired) electrons. The summed E-state index contributed by atoms with van der Waals surface area (Å²) in [4.78, 5) is 11.0. The van der Waals surface area contributed by atoms with Crippen molar-refractivity contribution in [1.82, 2.24) is 0 Å². The highest BCUT2D eigenvalue weighted by molar-refractivity contribution is 5.88. The first-order valence-corrected chi connectivity index (χ1v) is 5.11. The number of benzene rings is 1. The van der Waals surface area contributed by atoms with Gasteiger partial charge in [0.2, 0.25) is 0 Å². The highest BCUT2D eigenvalue weighted by Crippen LogP contribution is 2.29. The largest absolute Gasteiger partial charge is 0.497 e. The Morgan fingerprint density at radius 2 is 1.88 bits per heavy atom. The summed E-state index contributed by atoms with van der Waals surface area (Å²) in [6.07, 6.45) is 3.02. The summed E-state index contributed by atoms with van der Waals surface area (Å²) < 4.78 is 14.9. The van der Waals surface area contributed by atoms with Crippen LogP contribution in [-0.4, -0.2) is 27.3 Å². The van der Waals surface area contributed by atoms with Crippen LogP contribution in [-0.2, 0) is 9.53 Å². The monoisotopic (exact) mass is 236 g/mol. The first kappa shape index (κ1) is 13.1. The van der Waals surface area contributed by atoms with Crippen LogP contribution in [0.2, 0.25) is 0 Å². The maximum Gasteiger partial charge on any atom is 0.330 e. The molecule has 0 aliphatic rings. The molecule has 1 rings (SSSR count).